The summed E-state index contributed by atoms with van der Waals surface area (Å²) in [4.78, 5) is 26.9. The van der Waals surface area contributed by atoms with Crippen molar-refractivity contribution in [1.29, 1.82) is 0 Å². The number of carbonyl (C=O) groups is 2. The Hall–Kier alpha value is -2.18. The van der Waals surface area contributed by atoms with Crippen LogP contribution in [-0.2, 0) is 9.59 Å². The van der Waals surface area contributed by atoms with E-state index in [1.54, 1.807) is 24.4 Å². The summed E-state index contributed by atoms with van der Waals surface area (Å²) in [6, 6.07) is 6.93. The molecule has 0 fully saturated rings. The van der Waals surface area contributed by atoms with Gasteiger partial charge in [-0.05, 0) is 24.3 Å². The number of rotatable bonds is 4. The molecule has 104 valence electrons. The highest BCUT2D eigenvalue weighted by Gasteiger charge is 2.09. The molecule has 1 aromatic carbocycles. The number of fused-ring (bicyclic) bond motifs is 1. The highest BCUT2D eigenvalue weighted by molar-refractivity contribution is 6.35. The van der Waals surface area contributed by atoms with Gasteiger partial charge in [0.05, 0.1) is 29.3 Å². The number of hydrogen-bond acceptors (Lipinski definition) is 4. The summed E-state index contributed by atoms with van der Waals surface area (Å²) in [5.41, 5.74) is 6.27. The quantitative estimate of drug-likeness (QED) is 0.780. The number of anilines is 1. The maximum absolute atomic E-state index is 11.7. The number of nitrogens with zero attached hydrogens (tertiary/aromatic N) is 1. The van der Waals surface area contributed by atoms with E-state index in [4.69, 9.17) is 17.3 Å². The van der Waals surface area contributed by atoms with Gasteiger partial charge in [0, 0.05) is 11.6 Å². The van der Waals surface area contributed by atoms with Crippen molar-refractivity contribution in [1.82, 2.24) is 10.3 Å². The minimum Gasteiger partial charge on any atom is -0.346 e. The van der Waals surface area contributed by atoms with Gasteiger partial charge in [-0.1, -0.05) is 11.6 Å². The van der Waals surface area contributed by atoms with Gasteiger partial charge in [-0.15, -0.1) is 0 Å². The van der Waals surface area contributed by atoms with Gasteiger partial charge < -0.3 is 16.4 Å². The van der Waals surface area contributed by atoms with E-state index in [9.17, 15) is 9.59 Å². The zero-order valence-electron chi connectivity index (χ0n) is 10.5. The molecule has 2 rings (SSSR count). The summed E-state index contributed by atoms with van der Waals surface area (Å²) >= 11 is 6.06. The molecule has 0 bridgehead atoms. The molecule has 4 N–H and O–H groups in total. The van der Waals surface area contributed by atoms with Gasteiger partial charge in [-0.3, -0.25) is 14.6 Å². The Morgan fingerprint density at radius 1 is 1.25 bits per heavy atom. The number of aromatic nitrogens is 1. The van der Waals surface area contributed by atoms with E-state index in [1.165, 1.54) is 0 Å². The third kappa shape index (κ3) is 3.23. The fraction of sp³-hybridized carbons (Fsp3) is 0.154. The molecule has 0 unspecified atom stereocenters. The lowest BCUT2D eigenvalue weighted by Gasteiger charge is -2.09. The van der Waals surface area contributed by atoms with Gasteiger partial charge in [0.15, 0.2) is 0 Å². The Balaban J connectivity index is 2.16. The second-order valence-corrected chi connectivity index (χ2v) is 4.43. The standard InChI is InChI=1S/C13H13ClN4O2/c14-9-3-4-10(13-8(9)2-1-5-16-13)18-12(20)7-17-11(19)6-15/h1-5H,6-7,15H2,(H,17,19)(H,18,20). The molecule has 1 aromatic heterocycles. The second kappa shape index (κ2) is 6.31. The lowest BCUT2D eigenvalue weighted by molar-refractivity contribution is -0.123. The van der Waals surface area contributed by atoms with Crippen molar-refractivity contribution in [3.63, 3.8) is 0 Å². The molecule has 0 radical (unpaired) electrons. The summed E-state index contributed by atoms with van der Waals surface area (Å²) in [6.07, 6.45) is 1.62. The molecule has 0 spiro atoms. The number of hydrogen-bond donors (Lipinski definition) is 3. The van der Waals surface area contributed by atoms with Gasteiger partial charge in [0.25, 0.3) is 0 Å². The molecule has 6 nitrogen and oxygen atoms in total. The third-order valence-electron chi connectivity index (χ3n) is 2.62. The summed E-state index contributed by atoms with van der Waals surface area (Å²) in [6.45, 7) is -0.300. The molecule has 0 atom stereocenters. The van der Waals surface area contributed by atoms with Crippen molar-refractivity contribution in [2.75, 3.05) is 18.4 Å². The van der Waals surface area contributed by atoms with Crippen LogP contribution in [0.3, 0.4) is 0 Å². The van der Waals surface area contributed by atoms with Crippen LogP contribution in [0.1, 0.15) is 0 Å². The van der Waals surface area contributed by atoms with Crippen LogP contribution in [0.15, 0.2) is 30.5 Å². The monoisotopic (exact) mass is 292 g/mol. The summed E-state index contributed by atoms with van der Waals surface area (Å²) < 4.78 is 0. The second-order valence-electron chi connectivity index (χ2n) is 4.02. The van der Waals surface area contributed by atoms with E-state index >= 15 is 0 Å². The van der Waals surface area contributed by atoms with E-state index in [1.807, 2.05) is 6.07 Å². The van der Waals surface area contributed by atoms with E-state index in [2.05, 4.69) is 15.6 Å². The molecule has 0 aliphatic heterocycles. The lowest BCUT2D eigenvalue weighted by Crippen LogP contribution is -2.36. The molecule has 0 saturated heterocycles. The van der Waals surface area contributed by atoms with E-state index < -0.39 is 0 Å². The third-order valence-corrected chi connectivity index (χ3v) is 2.95. The van der Waals surface area contributed by atoms with Crippen LogP contribution < -0.4 is 16.4 Å². The lowest BCUT2D eigenvalue weighted by atomic mass is 10.2. The average Bonchev–Trinajstić information content (AvgIpc) is 2.48. The first-order valence-electron chi connectivity index (χ1n) is 5.91. The average molecular weight is 293 g/mol. The highest BCUT2D eigenvalue weighted by atomic mass is 35.5. The predicted octanol–water partition coefficient (Wildman–Crippen LogP) is 0.902. The van der Waals surface area contributed by atoms with E-state index in [0.29, 0.717) is 16.2 Å². The number of amides is 2. The fourth-order valence-corrected chi connectivity index (χ4v) is 1.90. The Morgan fingerprint density at radius 3 is 2.80 bits per heavy atom. The zero-order valence-corrected chi connectivity index (χ0v) is 11.3. The number of pyridine rings is 1. The minimum atomic E-state index is -0.390. The van der Waals surface area contributed by atoms with Crippen molar-refractivity contribution in [3.8, 4) is 0 Å². The maximum atomic E-state index is 11.7. The summed E-state index contributed by atoms with van der Waals surface area (Å²) in [5.74, 6) is -0.750. The minimum absolute atomic E-state index is 0.146. The van der Waals surface area contributed by atoms with Gasteiger partial charge in [0.1, 0.15) is 0 Å². The SMILES string of the molecule is NCC(=O)NCC(=O)Nc1ccc(Cl)c2cccnc12. The molecule has 20 heavy (non-hydrogen) atoms. The molecular weight excluding hydrogens is 280 g/mol. The molecule has 0 aliphatic carbocycles. The largest absolute Gasteiger partial charge is 0.346 e. The molecule has 2 aromatic rings. The van der Waals surface area contributed by atoms with Gasteiger partial charge in [-0.25, -0.2) is 0 Å². The van der Waals surface area contributed by atoms with E-state index in [-0.39, 0.29) is 24.9 Å². The Kier molecular flexibility index (Phi) is 4.49. The van der Waals surface area contributed by atoms with Gasteiger partial charge in [0.2, 0.25) is 11.8 Å². The first kappa shape index (κ1) is 14.2. The number of carbonyl (C=O) groups excluding carboxylic acids is 2. The Labute approximate surface area is 120 Å². The number of nitrogens with one attached hydrogen (secondary N) is 2. The smallest absolute Gasteiger partial charge is 0.243 e. The zero-order chi connectivity index (χ0) is 14.5. The molecule has 1 heterocycles. The Morgan fingerprint density at radius 2 is 2.05 bits per heavy atom. The maximum Gasteiger partial charge on any atom is 0.243 e. The first-order valence-corrected chi connectivity index (χ1v) is 6.29. The van der Waals surface area contributed by atoms with Gasteiger partial charge in [-0.2, -0.15) is 0 Å². The van der Waals surface area contributed by atoms with E-state index in [0.717, 1.165) is 5.39 Å². The van der Waals surface area contributed by atoms with Crippen molar-refractivity contribution in [2.24, 2.45) is 5.73 Å². The van der Waals surface area contributed by atoms with Crippen LogP contribution >= 0.6 is 11.6 Å². The van der Waals surface area contributed by atoms with Gasteiger partial charge >= 0.3 is 0 Å². The van der Waals surface area contributed by atoms with Crippen LogP contribution in [0.2, 0.25) is 5.02 Å². The van der Waals surface area contributed by atoms with Crippen LogP contribution in [0.5, 0.6) is 0 Å². The molecule has 2 amide bonds. The predicted molar refractivity (Wildman–Crippen MR) is 77.4 cm³/mol. The number of nitrogens with two attached hydrogens (primary N) is 1. The molecular formula is C13H13ClN4O2. The Bertz CT molecular complexity index is 660. The number of benzene rings is 1. The summed E-state index contributed by atoms with van der Waals surface area (Å²) in [5, 5.41) is 6.37. The first-order chi connectivity index (χ1) is 9.61. The van der Waals surface area contributed by atoms with Crippen molar-refractivity contribution >= 4 is 40.0 Å². The normalized spacial score (nSPS) is 10.3. The molecule has 0 saturated carbocycles. The molecule has 7 heteroatoms. The van der Waals surface area contributed by atoms with Crippen LogP contribution in [-0.4, -0.2) is 29.9 Å². The fourth-order valence-electron chi connectivity index (χ4n) is 1.68. The van der Waals surface area contributed by atoms with Crippen molar-refractivity contribution in [3.05, 3.63) is 35.5 Å². The topological polar surface area (TPSA) is 97.1 Å². The number of halogens is 1. The van der Waals surface area contributed by atoms with Crippen LogP contribution in [0, 0.1) is 0 Å². The highest BCUT2D eigenvalue weighted by Crippen LogP contribution is 2.27. The van der Waals surface area contributed by atoms with Crippen LogP contribution in [0.25, 0.3) is 10.9 Å². The van der Waals surface area contributed by atoms with Crippen molar-refractivity contribution in [2.45, 2.75) is 0 Å². The van der Waals surface area contributed by atoms with Crippen molar-refractivity contribution < 1.29 is 9.59 Å². The van der Waals surface area contributed by atoms with Crippen LogP contribution in [0.4, 0.5) is 5.69 Å². The summed E-state index contributed by atoms with van der Waals surface area (Å²) in [7, 11) is 0. The molecule has 0 aliphatic rings.